The summed E-state index contributed by atoms with van der Waals surface area (Å²) >= 11 is 1.75. The molecule has 4 nitrogen and oxygen atoms in total. The van der Waals surface area contributed by atoms with E-state index in [0.717, 1.165) is 18.6 Å². The van der Waals surface area contributed by atoms with Crippen molar-refractivity contribution in [1.82, 2.24) is 10.2 Å². The van der Waals surface area contributed by atoms with E-state index in [1.54, 1.807) is 18.7 Å². The minimum absolute atomic E-state index is 0.0577. The molecule has 114 valence electrons. The van der Waals surface area contributed by atoms with Crippen molar-refractivity contribution in [3.63, 3.8) is 0 Å². The highest BCUT2D eigenvalue weighted by molar-refractivity contribution is 7.99. The van der Waals surface area contributed by atoms with Crippen LogP contribution in [0.3, 0.4) is 0 Å². The fourth-order valence-corrected chi connectivity index (χ4v) is 3.25. The van der Waals surface area contributed by atoms with Gasteiger partial charge < -0.3 is 10.2 Å². The predicted octanol–water partition coefficient (Wildman–Crippen LogP) is 2.15. The van der Waals surface area contributed by atoms with E-state index in [1.165, 1.54) is 4.90 Å². The Kier molecular flexibility index (Phi) is 6.11. The Morgan fingerprint density at radius 3 is 2.52 bits per heavy atom. The fraction of sp³-hybridized carbons (Fsp3) is 0.500. The first-order valence-electron chi connectivity index (χ1n) is 7.38. The number of likely N-dealkylation sites (tertiary alicyclic amines) is 1. The lowest BCUT2D eigenvalue weighted by Crippen LogP contribution is -2.42. The van der Waals surface area contributed by atoms with Gasteiger partial charge in [0.2, 0.25) is 11.8 Å². The number of nitrogens with zero attached hydrogens (tertiary/aromatic N) is 1. The SMILES string of the molecule is CC(=O)N1CCC(C(=O)NCCSc2ccccc2)CC1. The van der Waals surface area contributed by atoms with E-state index in [0.29, 0.717) is 19.6 Å². The summed E-state index contributed by atoms with van der Waals surface area (Å²) in [5.74, 6) is 1.17. The molecule has 5 heteroatoms. The molecule has 1 aromatic carbocycles. The molecule has 1 aliphatic heterocycles. The van der Waals surface area contributed by atoms with Crippen molar-refractivity contribution >= 4 is 23.6 Å². The van der Waals surface area contributed by atoms with Gasteiger partial charge in [0.15, 0.2) is 0 Å². The van der Waals surface area contributed by atoms with E-state index in [1.807, 2.05) is 23.1 Å². The van der Waals surface area contributed by atoms with Crippen LogP contribution in [0.5, 0.6) is 0 Å². The molecule has 0 bridgehead atoms. The molecule has 0 atom stereocenters. The average Bonchev–Trinajstić information content (AvgIpc) is 2.52. The molecular formula is C16H22N2O2S. The molecule has 0 aromatic heterocycles. The number of hydrogen-bond acceptors (Lipinski definition) is 3. The van der Waals surface area contributed by atoms with Gasteiger partial charge in [0.1, 0.15) is 0 Å². The molecule has 1 fully saturated rings. The third kappa shape index (κ3) is 5.08. The van der Waals surface area contributed by atoms with Crippen molar-refractivity contribution in [2.24, 2.45) is 5.92 Å². The van der Waals surface area contributed by atoms with Gasteiger partial charge in [0.25, 0.3) is 0 Å². The molecule has 0 spiro atoms. The Morgan fingerprint density at radius 2 is 1.90 bits per heavy atom. The smallest absolute Gasteiger partial charge is 0.223 e. The molecule has 0 aliphatic carbocycles. The monoisotopic (exact) mass is 306 g/mol. The van der Waals surface area contributed by atoms with Crippen molar-refractivity contribution < 1.29 is 9.59 Å². The summed E-state index contributed by atoms with van der Waals surface area (Å²) < 4.78 is 0. The van der Waals surface area contributed by atoms with Crippen LogP contribution in [0.4, 0.5) is 0 Å². The van der Waals surface area contributed by atoms with Gasteiger partial charge >= 0.3 is 0 Å². The maximum atomic E-state index is 12.1. The number of carbonyl (C=O) groups is 2. The van der Waals surface area contributed by atoms with E-state index in [9.17, 15) is 9.59 Å². The number of carbonyl (C=O) groups excluding carboxylic acids is 2. The highest BCUT2D eigenvalue weighted by Gasteiger charge is 2.25. The Labute approximate surface area is 130 Å². The summed E-state index contributed by atoms with van der Waals surface area (Å²) in [6.45, 7) is 3.67. The van der Waals surface area contributed by atoms with Crippen LogP contribution >= 0.6 is 11.8 Å². The second-order valence-electron chi connectivity index (χ2n) is 5.23. The summed E-state index contributed by atoms with van der Waals surface area (Å²) in [5, 5.41) is 3.00. The van der Waals surface area contributed by atoms with Gasteiger partial charge in [0.05, 0.1) is 0 Å². The zero-order valence-electron chi connectivity index (χ0n) is 12.4. The van der Waals surface area contributed by atoms with Gasteiger partial charge in [-0.15, -0.1) is 11.8 Å². The second-order valence-corrected chi connectivity index (χ2v) is 6.40. The number of amides is 2. The summed E-state index contributed by atoms with van der Waals surface area (Å²) in [7, 11) is 0. The third-order valence-corrected chi connectivity index (χ3v) is 4.74. The van der Waals surface area contributed by atoms with Crippen molar-refractivity contribution in [3.8, 4) is 0 Å². The predicted molar refractivity (Wildman–Crippen MR) is 85.2 cm³/mol. The van der Waals surface area contributed by atoms with Crippen LogP contribution in [0.1, 0.15) is 19.8 Å². The first-order valence-corrected chi connectivity index (χ1v) is 8.36. The van der Waals surface area contributed by atoms with Gasteiger partial charge in [-0.1, -0.05) is 18.2 Å². The molecule has 1 heterocycles. The van der Waals surface area contributed by atoms with Gasteiger partial charge in [-0.2, -0.15) is 0 Å². The summed E-state index contributed by atoms with van der Waals surface area (Å²) in [6.07, 6.45) is 1.55. The molecule has 1 N–H and O–H groups in total. The van der Waals surface area contributed by atoms with E-state index in [4.69, 9.17) is 0 Å². The van der Waals surface area contributed by atoms with Crippen molar-refractivity contribution in [2.45, 2.75) is 24.7 Å². The van der Waals surface area contributed by atoms with Crippen LogP contribution in [0, 0.1) is 5.92 Å². The molecule has 1 aromatic rings. The minimum Gasteiger partial charge on any atom is -0.355 e. The van der Waals surface area contributed by atoms with Crippen LogP contribution in [-0.2, 0) is 9.59 Å². The van der Waals surface area contributed by atoms with Gasteiger partial charge in [-0.25, -0.2) is 0 Å². The maximum absolute atomic E-state index is 12.1. The standard InChI is InChI=1S/C16H22N2O2S/c1-13(19)18-10-7-14(8-11-18)16(20)17-9-12-21-15-5-3-2-4-6-15/h2-6,14H,7-12H2,1H3,(H,17,20). The quantitative estimate of drug-likeness (QED) is 0.670. The fourth-order valence-electron chi connectivity index (χ4n) is 2.46. The number of nitrogens with one attached hydrogen (secondary N) is 1. The molecule has 0 radical (unpaired) electrons. The summed E-state index contributed by atoms with van der Waals surface area (Å²) in [6, 6.07) is 10.2. The normalized spacial score (nSPS) is 15.8. The van der Waals surface area contributed by atoms with Gasteiger partial charge in [-0.05, 0) is 25.0 Å². The van der Waals surface area contributed by atoms with E-state index in [2.05, 4.69) is 17.4 Å². The van der Waals surface area contributed by atoms with Crippen molar-refractivity contribution in [1.29, 1.82) is 0 Å². The number of benzene rings is 1. The number of hydrogen-bond donors (Lipinski definition) is 1. The third-order valence-electron chi connectivity index (χ3n) is 3.72. The molecule has 0 saturated carbocycles. The molecule has 1 saturated heterocycles. The molecule has 2 amide bonds. The lowest BCUT2D eigenvalue weighted by Gasteiger charge is -2.30. The van der Waals surface area contributed by atoms with Crippen LogP contribution in [0.15, 0.2) is 35.2 Å². The van der Waals surface area contributed by atoms with Crippen LogP contribution < -0.4 is 5.32 Å². The van der Waals surface area contributed by atoms with Crippen molar-refractivity contribution in [3.05, 3.63) is 30.3 Å². The number of rotatable bonds is 5. The summed E-state index contributed by atoms with van der Waals surface area (Å²) in [4.78, 5) is 26.3. The van der Waals surface area contributed by atoms with Crippen molar-refractivity contribution in [2.75, 3.05) is 25.4 Å². The average molecular weight is 306 g/mol. The summed E-state index contributed by atoms with van der Waals surface area (Å²) in [5.41, 5.74) is 0. The highest BCUT2D eigenvalue weighted by Crippen LogP contribution is 2.18. The Morgan fingerprint density at radius 1 is 1.24 bits per heavy atom. The van der Waals surface area contributed by atoms with Gasteiger partial charge in [0, 0.05) is 43.1 Å². The molecule has 21 heavy (non-hydrogen) atoms. The maximum Gasteiger partial charge on any atom is 0.223 e. The highest BCUT2D eigenvalue weighted by atomic mass is 32.2. The molecular weight excluding hydrogens is 284 g/mol. The number of thioether (sulfide) groups is 1. The second kappa shape index (κ2) is 8.08. The van der Waals surface area contributed by atoms with Crippen LogP contribution in [0.25, 0.3) is 0 Å². The lowest BCUT2D eigenvalue weighted by molar-refractivity contribution is -0.133. The van der Waals surface area contributed by atoms with Crippen LogP contribution in [0.2, 0.25) is 0 Å². The zero-order valence-corrected chi connectivity index (χ0v) is 13.2. The number of piperidine rings is 1. The largest absolute Gasteiger partial charge is 0.355 e. The van der Waals surface area contributed by atoms with Crippen LogP contribution in [-0.4, -0.2) is 42.1 Å². The Hall–Kier alpha value is -1.49. The topological polar surface area (TPSA) is 49.4 Å². The lowest BCUT2D eigenvalue weighted by atomic mass is 9.96. The Bertz CT molecular complexity index is 470. The van der Waals surface area contributed by atoms with E-state index >= 15 is 0 Å². The zero-order chi connectivity index (χ0) is 15.1. The van der Waals surface area contributed by atoms with Gasteiger partial charge in [-0.3, -0.25) is 9.59 Å². The first kappa shape index (κ1) is 15.9. The Balaban J connectivity index is 1.63. The molecule has 1 aliphatic rings. The van der Waals surface area contributed by atoms with E-state index in [-0.39, 0.29) is 17.7 Å². The first-order chi connectivity index (χ1) is 10.2. The van der Waals surface area contributed by atoms with E-state index < -0.39 is 0 Å². The molecule has 2 rings (SSSR count). The molecule has 0 unspecified atom stereocenters. The minimum atomic E-state index is 0.0577.